The third kappa shape index (κ3) is 4.25. The summed E-state index contributed by atoms with van der Waals surface area (Å²) in [5.74, 6) is 0.614. The number of nitrogen functional groups attached to an aromatic ring is 1. The number of hydrogen-bond donors (Lipinski definition) is 5. The molecule has 2 heterocycles. The minimum atomic E-state index is -0.594. The number of aliphatic hydroxyl groups is 1. The summed E-state index contributed by atoms with van der Waals surface area (Å²) < 4.78 is 5.28. The van der Waals surface area contributed by atoms with Crippen molar-refractivity contribution >= 4 is 29.0 Å². The lowest BCUT2D eigenvalue weighted by Crippen LogP contribution is -2.25. The molecule has 0 unspecified atom stereocenters. The number of nitrogens with two attached hydrogens (primary N) is 1. The van der Waals surface area contributed by atoms with Gasteiger partial charge in [-0.25, -0.2) is 9.97 Å². The fourth-order valence-electron chi connectivity index (χ4n) is 3.29. The highest BCUT2D eigenvalue weighted by Gasteiger charge is 2.32. The van der Waals surface area contributed by atoms with Crippen LogP contribution >= 0.6 is 0 Å². The molecule has 9 heteroatoms. The standard InChI is InChI=1S/C20H25N7O2/c1-24-8-13(7-21)12-3-4-15(22)14(5-12)20(23)16-6-19(26-11-25-16)27-9-17(28)18(10-27)29-2/h3-8,11,17-18,21,23-24,28H,9-10,22H2,1-2H3/b13-8+,21-7?,23-20?/t17-,18-/m0/s1. The molecule has 1 aromatic heterocycles. The Morgan fingerprint density at radius 3 is 2.79 bits per heavy atom. The van der Waals surface area contributed by atoms with Crippen LogP contribution in [0.3, 0.4) is 0 Å². The van der Waals surface area contributed by atoms with E-state index in [-0.39, 0.29) is 11.8 Å². The minimum Gasteiger partial charge on any atom is -0.398 e. The normalized spacial score (nSPS) is 19.3. The van der Waals surface area contributed by atoms with Gasteiger partial charge in [-0.05, 0) is 17.7 Å². The smallest absolute Gasteiger partial charge is 0.132 e. The Morgan fingerprint density at radius 1 is 1.34 bits per heavy atom. The molecule has 0 radical (unpaired) electrons. The Kier molecular flexibility index (Phi) is 6.20. The number of β-amino-alcohol motifs (C(OH)–C–C–N with tert-alkyl or cyclic N) is 1. The number of aromatic nitrogens is 2. The molecule has 6 N–H and O–H groups in total. The Balaban J connectivity index is 1.91. The molecule has 2 aromatic rings. The summed E-state index contributed by atoms with van der Waals surface area (Å²) in [5, 5.41) is 29.2. The first kappa shape index (κ1) is 20.4. The zero-order valence-corrected chi connectivity index (χ0v) is 16.4. The van der Waals surface area contributed by atoms with Crippen molar-refractivity contribution in [2.45, 2.75) is 12.2 Å². The lowest BCUT2D eigenvalue weighted by Gasteiger charge is -2.17. The van der Waals surface area contributed by atoms with Gasteiger partial charge >= 0.3 is 0 Å². The number of rotatable bonds is 7. The van der Waals surface area contributed by atoms with E-state index in [1.807, 2.05) is 11.0 Å². The van der Waals surface area contributed by atoms with Gasteiger partial charge in [0.2, 0.25) is 0 Å². The zero-order chi connectivity index (χ0) is 21.0. The van der Waals surface area contributed by atoms with Crippen LogP contribution < -0.4 is 16.0 Å². The Labute approximate surface area is 169 Å². The molecule has 0 spiro atoms. The van der Waals surface area contributed by atoms with Crippen molar-refractivity contribution in [3.05, 3.63) is 53.6 Å². The molecule has 1 aliphatic heterocycles. The Morgan fingerprint density at radius 2 is 2.14 bits per heavy atom. The number of aliphatic hydroxyl groups excluding tert-OH is 1. The SMILES string of the molecule is CN/C=C(\C=N)c1ccc(N)c(C(=N)c2cc(N3C[C@H](OC)[C@@H](O)C3)ncn2)c1. The highest BCUT2D eigenvalue weighted by Crippen LogP contribution is 2.24. The fourth-order valence-corrected chi connectivity index (χ4v) is 3.29. The number of benzene rings is 1. The average molecular weight is 395 g/mol. The fraction of sp³-hybridized carbons (Fsp3) is 0.300. The van der Waals surface area contributed by atoms with E-state index >= 15 is 0 Å². The van der Waals surface area contributed by atoms with Crippen LogP contribution in [-0.2, 0) is 4.74 Å². The Hall–Kier alpha value is -3.30. The monoisotopic (exact) mass is 395 g/mol. The van der Waals surface area contributed by atoms with Crippen molar-refractivity contribution in [1.29, 1.82) is 10.8 Å². The van der Waals surface area contributed by atoms with E-state index in [0.717, 1.165) is 5.56 Å². The summed E-state index contributed by atoms with van der Waals surface area (Å²) in [5.41, 5.74) is 9.10. The number of methoxy groups -OCH3 is 1. The van der Waals surface area contributed by atoms with E-state index in [1.54, 1.807) is 38.6 Å². The van der Waals surface area contributed by atoms with Crippen molar-refractivity contribution in [2.24, 2.45) is 0 Å². The van der Waals surface area contributed by atoms with Gasteiger partial charge in [0.05, 0.1) is 17.5 Å². The third-order valence-corrected chi connectivity index (χ3v) is 4.88. The van der Waals surface area contributed by atoms with Crippen LogP contribution in [0.1, 0.15) is 16.8 Å². The van der Waals surface area contributed by atoms with E-state index < -0.39 is 6.10 Å². The van der Waals surface area contributed by atoms with Crippen LogP contribution in [0.25, 0.3) is 5.57 Å². The van der Waals surface area contributed by atoms with Gasteiger partial charge in [-0.1, -0.05) is 6.07 Å². The lowest BCUT2D eigenvalue weighted by molar-refractivity contribution is 0.0217. The predicted octanol–water partition coefficient (Wildman–Crippen LogP) is 0.881. The maximum atomic E-state index is 10.1. The molecular weight excluding hydrogens is 370 g/mol. The van der Waals surface area contributed by atoms with Crippen molar-refractivity contribution in [1.82, 2.24) is 15.3 Å². The van der Waals surface area contributed by atoms with Gasteiger partial charge in [0.25, 0.3) is 0 Å². The molecule has 1 saturated heterocycles. The summed E-state index contributed by atoms with van der Waals surface area (Å²) in [4.78, 5) is 10.4. The molecular formula is C20H25N7O2. The molecule has 0 amide bonds. The topological polar surface area (TPSA) is 144 Å². The third-order valence-electron chi connectivity index (χ3n) is 4.88. The number of nitrogens with zero attached hydrogens (tertiary/aromatic N) is 3. The van der Waals surface area contributed by atoms with Crippen LogP contribution in [0.4, 0.5) is 11.5 Å². The number of ether oxygens (including phenoxy) is 1. The summed E-state index contributed by atoms with van der Waals surface area (Å²) in [7, 11) is 3.33. The number of allylic oxidation sites excluding steroid dienone is 1. The molecule has 9 nitrogen and oxygen atoms in total. The molecule has 0 saturated carbocycles. The highest BCUT2D eigenvalue weighted by atomic mass is 16.5. The first-order valence-corrected chi connectivity index (χ1v) is 9.13. The van der Waals surface area contributed by atoms with Gasteiger partial charge in [0, 0.05) is 62.6 Å². The molecule has 2 atom stereocenters. The molecule has 1 aromatic carbocycles. The van der Waals surface area contributed by atoms with Gasteiger partial charge in [-0.2, -0.15) is 0 Å². The van der Waals surface area contributed by atoms with Gasteiger partial charge in [-0.3, -0.25) is 5.41 Å². The van der Waals surface area contributed by atoms with E-state index in [2.05, 4.69) is 15.3 Å². The summed E-state index contributed by atoms with van der Waals surface area (Å²) in [6.45, 7) is 0.911. The maximum Gasteiger partial charge on any atom is 0.132 e. The predicted molar refractivity (Wildman–Crippen MR) is 114 cm³/mol. The number of anilines is 2. The van der Waals surface area contributed by atoms with Gasteiger partial charge in [0.15, 0.2) is 0 Å². The number of nitrogens with one attached hydrogen (secondary N) is 3. The molecule has 152 valence electrons. The van der Waals surface area contributed by atoms with Crippen molar-refractivity contribution in [3.8, 4) is 0 Å². The van der Waals surface area contributed by atoms with Crippen molar-refractivity contribution in [2.75, 3.05) is 37.9 Å². The van der Waals surface area contributed by atoms with Gasteiger partial charge < -0.3 is 31.2 Å². The highest BCUT2D eigenvalue weighted by molar-refractivity contribution is 6.15. The molecule has 29 heavy (non-hydrogen) atoms. The number of hydrogen-bond acceptors (Lipinski definition) is 9. The second-order valence-electron chi connectivity index (χ2n) is 6.72. The largest absolute Gasteiger partial charge is 0.398 e. The maximum absolute atomic E-state index is 10.1. The van der Waals surface area contributed by atoms with E-state index in [1.165, 1.54) is 12.5 Å². The van der Waals surface area contributed by atoms with Gasteiger partial charge in [0.1, 0.15) is 18.2 Å². The molecule has 1 fully saturated rings. The molecule has 1 aliphatic rings. The van der Waals surface area contributed by atoms with E-state index in [9.17, 15) is 5.11 Å². The van der Waals surface area contributed by atoms with Crippen LogP contribution in [-0.4, -0.2) is 66.5 Å². The summed E-state index contributed by atoms with van der Waals surface area (Å²) >= 11 is 0. The molecule has 0 aliphatic carbocycles. The average Bonchev–Trinajstić information content (AvgIpc) is 3.13. The van der Waals surface area contributed by atoms with E-state index in [0.29, 0.717) is 41.4 Å². The summed E-state index contributed by atoms with van der Waals surface area (Å²) in [6.07, 6.45) is 3.47. The second kappa shape index (κ2) is 8.80. The van der Waals surface area contributed by atoms with Crippen molar-refractivity contribution < 1.29 is 9.84 Å². The minimum absolute atomic E-state index is 0.157. The quantitative estimate of drug-likeness (QED) is 0.346. The van der Waals surface area contributed by atoms with Crippen LogP contribution in [0, 0.1) is 10.8 Å². The van der Waals surface area contributed by atoms with Crippen molar-refractivity contribution in [3.63, 3.8) is 0 Å². The van der Waals surface area contributed by atoms with E-state index in [4.69, 9.17) is 21.3 Å². The zero-order valence-electron chi connectivity index (χ0n) is 16.4. The van der Waals surface area contributed by atoms with Crippen LogP contribution in [0.15, 0.2) is 36.8 Å². The molecule has 3 rings (SSSR count). The first-order chi connectivity index (χ1) is 14.0. The lowest BCUT2D eigenvalue weighted by atomic mass is 9.98. The van der Waals surface area contributed by atoms with Crippen LogP contribution in [0.5, 0.6) is 0 Å². The first-order valence-electron chi connectivity index (χ1n) is 9.13. The summed E-state index contributed by atoms with van der Waals surface area (Å²) in [6, 6.07) is 7.00. The second-order valence-corrected chi connectivity index (χ2v) is 6.72. The molecule has 0 bridgehead atoms. The van der Waals surface area contributed by atoms with Gasteiger partial charge in [-0.15, -0.1) is 0 Å². The Bertz CT molecular complexity index is 944. The van der Waals surface area contributed by atoms with Crippen LogP contribution in [0.2, 0.25) is 0 Å².